The SMILES string of the molecule is Cc1noc(C)c1CN1CC[C@@]2(C[C@H](Nc3ncc(F)cn3)CO2)C1. The molecule has 0 aliphatic carbocycles. The molecule has 2 aromatic rings. The highest BCUT2D eigenvalue weighted by Gasteiger charge is 2.45. The molecule has 0 aromatic carbocycles. The summed E-state index contributed by atoms with van der Waals surface area (Å²) in [6.45, 7) is 7.26. The van der Waals surface area contributed by atoms with Crippen molar-refractivity contribution in [1.82, 2.24) is 20.0 Å². The third-order valence-corrected chi connectivity index (χ3v) is 5.12. The molecular formula is C17H22FN5O2. The van der Waals surface area contributed by atoms with Gasteiger partial charge in [-0.1, -0.05) is 5.16 Å². The van der Waals surface area contributed by atoms with E-state index in [1.165, 1.54) is 18.0 Å². The number of halogens is 1. The van der Waals surface area contributed by atoms with Crippen LogP contribution in [-0.2, 0) is 11.3 Å². The predicted molar refractivity (Wildman–Crippen MR) is 88.6 cm³/mol. The number of hydrogen-bond donors (Lipinski definition) is 1. The number of ether oxygens (including phenoxy) is 1. The van der Waals surface area contributed by atoms with E-state index in [-0.39, 0.29) is 11.6 Å². The van der Waals surface area contributed by atoms with E-state index in [1.807, 2.05) is 13.8 Å². The van der Waals surface area contributed by atoms with Crippen LogP contribution in [0.5, 0.6) is 0 Å². The Kier molecular flexibility index (Phi) is 4.16. The van der Waals surface area contributed by atoms with Crippen LogP contribution in [0.3, 0.4) is 0 Å². The molecule has 2 atom stereocenters. The highest BCUT2D eigenvalue weighted by molar-refractivity contribution is 5.26. The minimum absolute atomic E-state index is 0.128. The summed E-state index contributed by atoms with van der Waals surface area (Å²) in [7, 11) is 0. The highest BCUT2D eigenvalue weighted by atomic mass is 19.1. The number of nitrogens with one attached hydrogen (secondary N) is 1. The lowest BCUT2D eigenvalue weighted by Gasteiger charge is -2.23. The molecule has 0 amide bonds. The first-order chi connectivity index (χ1) is 12.0. The zero-order valence-electron chi connectivity index (χ0n) is 14.5. The zero-order chi connectivity index (χ0) is 17.4. The van der Waals surface area contributed by atoms with Crippen molar-refractivity contribution in [3.8, 4) is 0 Å². The summed E-state index contributed by atoms with van der Waals surface area (Å²) < 4.78 is 24.3. The molecule has 2 aliphatic heterocycles. The molecule has 4 rings (SSSR count). The van der Waals surface area contributed by atoms with Crippen molar-refractivity contribution in [2.45, 2.75) is 44.9 Å². The molecular weight excluding hydrogens is 325 g/mol. The first-order valence-corrected chi connectivity index (χ1v) is 8.55. The fourth-order valence-electron chi connectivity index (χ4n) is 3.80. The minimum Gasteiger partial charge on any atom is -0.371 e. The smallest absolute Gasteiger partial charge is 0.223 e. The number of aryl methyl sites for hydroxylation is 2. The normalized spacial score (nSPS) is 26.6. The number of nitrogens with zero attached hydrogens (tertiary/aromatic N) is 4. The van der Waals surface area contributed by atoms with Gasteiger partial charge in [-0.3, -0.25) is 4.90 Å². The van der Waals surface area contributed by atoms with Gasteiger partial charge in [-0.05, 0) is 20.3 Å². The van der Waals surface area contributed by atoms with Gasteiger partial charge in [0.05, 0.1) is 36.3 Å². The van der Waals surface area contributed by atoms with Crippen LogP contribution in [0.1, 0.15) is 29.9 Å². The van der Waals surface area contributed by atoms with Crippen molar-refractivity contribution in [2.24, 2.45) is 0 Å². The molecule has 2 fully saturated rings. The van der Waals surface area contributed by atoms with Crippen LogP contribution >= 0.6 is 0 Å². The standard InChI is InChI=1S/C17H22FN5O2/c1-11-15(12(2)25-22-11)8-23-4-3-17(10-23)5-14(9-24-17)21-16-19-6-13(18)7-20-16/h6-7,14H,3-5,8-10H2,1-2H3,(H,19,20,21)/t14-,17+/m0/s1. The van der Waals surface area contributed by atoms with Crippen LogP contribution in [0.15, 0.2) is 16.9 Å². The van der Waals surface area contributed by atoms with Crippen molar-refractivity contribution >= 4 is 5.95 Å². The van der Waals surface area contributed by atoms with E-state index in [0.717, 1.165) is 43.9 Å². The predicted octanol–water partition coefficient (Wildman–Crippen LogP) is 2.07. The second-order valence-electron chi connectivity index (χ2n) is 7.03. The minimum atomic E-state index is -0.435. The second kappa shape index (κ2) is 6.34. The highest BCUT2D eigenvalue weighted by Crippen LogP contribution is 2.36. The number of hydrogen-bond acceptors (Lipinski definition) is 7. The lowest BCUT2D eigenvalue weighted by molar-refractivity contribution is 0.0119. The molecule has 0 radical (unpaired) electrons. The van der Waals surface area contributed by atoms with Gasteiger partial charge < -0.3 is 14.6 Å². The molecule has 2 aliphatic rings. The molecule has 7 nitrogen and oxygen atoms in total. The summed E-state index contributed by atoms with van der Waals surface area (Å²) >= 11 is 0. The molecule has 1 spiro atoms. The Bertz CT molecular complexity index is 730. The maximum atomic E-state index is 12.9. The summed E-state index contributed by atoms with van der Waals surface area (Å²) in [5.74, 6) is 0.895. The summed E-state index contributed by atoms with van der Waals surface area (Å²) in [4.78, 5) is 10.3. The molecule has 1 N–H and O–H groups in total. The fourth-order valence-corrected chi connectivity index (χ4v) is 3.80. The van der Waals surface area contributed by atoms with Crippen LogP contribution in [0.4, 0.5) is 10.3 Å². The lowest BCUT2D eigenvalue weighted by Crippen LogP contribution is -2.33. The largest absolute Gasteiger partial charge is 0.371 e. The molecule has 0 saturated carbocycles. The zero-order valence-corrected chi connectivity index (χ0v) is 14.5. The number of rotatable bonds is 4. The van der Waals surface area contributed by atoms with Gasteiger partial charge in [0.15, 0.2) is 5.82 Å². The van der Waals surface area contributed by atoms with Gasteiger partial charge >= 0.3 is 0 Å². The number of aromatic nitrogens is 3. The Labute approximate surface area is 145 Å². The Morgan fingerprint density at radius 3 is 2.88 bits per heavy atom. The summed E-state index contributed by atoms with van der Waals surface area (Å²) in [6.07, 6.45) is 4.23. The Morgan fingerprint density at radius 1 is 1.36 bits per heavy atom. The topological polar surface area (TPSA) is 76.3 Å². The van der Waals surface area contributed by atoms with Crippen LogP contribution in [0.25, 0.3) is 0 Å². The molecule has 2 aromatic heterocycles. The van der Waals surface area contributed by atoms with E-state index in [2.05, 4.69) is 25.3 Å². The van der Waals surface area contributed by atoms with E-state index in [9.17, 15) is 4.39 Å². The number of likely N-dealkylation sites (tertiary alicyclic amines) is 1. The lowest BCUT2D eigenvalue weighted by atomic mass is 9.97. The van der Waals surface area contributed by atoms with Gasteiger partial charge in [-0.25, -0.2) is 14.4 Å². The van der Waals surface area contributed by atoms with Gasteiger partial charge in [0.25, 0.3) is 0 Å². The summed E-state index contributed by atoms with van der Waals surface area (Å²) in [5, 5.41) is 7.27. The van der Waals surface area contributed by atoms with Crippen LogP contribution in [0, 0.1) is 19.7 Å². The average Bonchev–Trinajstić information content (AvgIpc) is 3.27. The molecule has 134 valence electrons. The third-order valence-electron chi connectivity index (χ3n) is 5.12. The average molecular weight is 347 g/mol. The van der Waals surface area contributed by atoms with Crippen LogP contribution in [0.2, 0.25) is 0 Å². The molecule has 4 heterocycles. The number of anilines is 1. The van der Waals surface area contributed by atoms with Crippen molar-refractivity contribution < 1.29 is 13.7 Å². The summed E-state index contributed by atoms with van der Waals surface area (Å²) in [6, 6.07) is 0.143. The van der Waals surface area contributed by atoms with Crippen LogP contribution in [-0.4, -0.2) is 51.4 Å². The second-order valence-corrected chi connectivity index (χ2v) is 7.03. The molecule has 8 heteroatoms. The van der Waals surface area contributed by atoms with Gasteiger partial charge in [0, 0.05) is 31.6 Å². The van der Waals surface area contributed by atoms with E-state index in [0.29, 0.717) is 12.6 Å². The van der Waals surface area contributed by atoms with Crippen molar-refractivity contribution in [2.75, 3.05) is 25.0 Å². The van der Waals surface area contributed by atoms with Crippen molar-refractivity contribution in [1.29, 1.82) is 0 Å². The monoisotopic (exact) mass is 347 g/mol. The molecule has 25 heavy (non-hydrogen) atoms. The Morgan fingerprint density at radius 2 is 2.16 bits per heavy atom. The molecule has 2 saturated heterocycles. The van der Waals surface area contributed by atoms with Gasteiger partial charge in [-0.2, -0.15) is 0 Å². The molecule has 0 unspecified atom stereocenters. The van der Waals surface area contributed by atoms with E-state index < -0.39 is 5.82 Å². The fraction of sp³-hybridized carbons (Fsp3) is 0.588. The van der Waals surface area contributed by atoms with E-state index in [1.54, 1.807) is 0 Å². The van der Waals surface area contributed by atoms with Crippen molar-refractivity contribution in [3.05, 3.63) is 35.2 Å². The van der Waals surface area contributed by atoms with Crippen LogP contribution < -0.4 is 5.32 Å². The summed E-state index contributed by atoms with van der Waals surface area (Å²) in [5.41, 5.74) is 2.00. The van der Waals surface area contributed by atoms with Gasteiger partial charge in [-0.15, -0.1) is 0 Å². The Hall–Kier alpha value is -2.06. The van der Waals surface area contributed by atoms with Crippen molar-refractivity contribution in [3.63, 3.8) is 0 Å². The van der Waals surface area contributed by atoms with Gasteiger partial charge in [0.2, 0.25) is 5.95 Å². The first-order valence-electron chi connectivity index (χ1n) is 8.55. The maximum Gasteiger partial charge on any atom is 0.223 e. The van der Waals surface area contributed by atoms with E-state index in [4.69, 9.17) is 9.26 Å². The van der Waals surface area contributed by atoms with E-state index >= 15 is 0 Å². The van der Waals surface area contributed by atoms with Gasteiger partial charge in [0.1, 0.15) is 5.76 Å². The Balaban J connectivity index is 1.35. The first kappa shape index (κ1) is 16.4. The molecule has 0 bridgehead atoms. The third kappa shape index (κ3) is 3.36. The maximum absolute atomic E-state index is 12.9. The quantitative estimate of drug-likeness (QED) is 0.907.